The van der Waals surface area contributed by atoms with Gasteiger partial charge in [0.05, 0.1) is 31.5 Å². The first-order valence-electron chi connectivity index (χ1n) is 6.81. The minimum Gasteiger partial charge on any atom is -0.379 e. The molecule has 1 rings (SSSR count). The van der Waals surface area contributed by atoms with Gasteiger partial charge < -0.3 is 19.5 Å². The Labute approximate surface area is 105 Å². The van der Waals surface area contributed by atoms with Crippen molar-refractivity contribution in [2.75, 3.05) is 32.9 Å². The van der Waals surface area contributed by atoms with Crippen LogP contribution in [0, 0.1) is 0 Å². The molecule has 4 nitrogen and oxygen atoms in total. The first-order valence-corrected chi connectivity index (χ1v) is 6.81. The highest BCUT2D eigenvalue weighted by molar-refractivity contribution is 4.75. The van der Waals surface area contributed by atoms with Crippen molar-refractivity contribution in [3.63, 3.8) is 0 Å². The summed E-state index contributed by atoms with van der Waals surface area (Å²) in [5, 5.41) is 3.32. The zero-order valence-electron chi connectivity index (χ0n) is 11.4. The molecule has 0 aromatic rings. The Morgan fingerprint density at radius 1 is 1.29 bits per heavy atom. The van der Waals surface area contributed by atoms with Gasteiger partial charge in [0.2, 0.25) is 0 Å². The summed E-state index contributed by atoms with van der Waals surface area (Å²) in [5.41, 5.74) is 0. The monoisotopic (exact) mass is 245 g/mol. The van der Waals surface area contributed by atoms with Gasteiger partial charge in [0, 0.05) is 13.2 Å². The van der Waals surface area contributed by atoms with Crippen molar-refractivity contribution in [3.05, 3.63) is 0 Å². The van der Waals surface area contributed by atoms with Crippen LogP contribution in [-0.2, 0) is 14.2 Å². The van der Waals surface area contributed by atoms with Gasteiger partial charge in [-0.25, -0.2) is 0 Å². The second-order valence-corrected chi connectivity index (χ2v) is 4.57. The van der Waals surface area contributed by atoms with Crippen LogP contribution in [-0.4, -0.2) is 51.2 Å². The first-order chi connectivity index (χ1) is 8.26. The highest BCUT2D eigenvalue weighted by Gasteiger charge is 2.25. The maximum atomic E-state index is 5.89. The Balaban J connectivity index is 2.05. The molecule has 3 atom stereocenters. The van der Waals surface area contributed by atoms with E-state index in [2.05, 4.69) is 12.2 Å². The van der Waals surface area contributed by atoms with E-state index in [1.54, 1.807) is 0 Å². The number of hydrogen-bond donors (Lipinski definition) is 1. The fourth-order valence-electron chi connectivity index (χ4n) is 1.96. The van der Waals surface area contributed by atoms with Gasteiger partial charge in [0.15, 0.2) is 0 Å². The molecule has 1 heterocycles. The Morgan fingerprint density at radius 3 is 2.76 bits per heavy atom. The van der Waals surface area contributed by atoms with Gasteiger partial charge in [-0.05, 0) is 33.2 Å². The first kappa shape index (κ1) is 14.9. The van der Waals surface area contributed by atoms with E-state index in [4.69, 9.17) is 14.2 Å². The molecule has 0 aromatic heterocycles. The molecule has 4 heteroatoms. The average molecular weight is 245 g/mol. The predicted molar refractivity (Wildman–Crippen MR) is 68.3 cm³/mol. The highest BCUT2D eigenvalue weighted by Crippen LogP contribution is 2.19. The van der Waals surface area contributed by atoms with Crippen molar-refractivity contribution in [2.24, 2.45) is 0 Å². The van der Waals surface area contributed by atoms with E-state index in [0.717, 1.165) is 32.5 Å². The third-order valence-corrected chi connectivity index (χ3v) is 2.94. The molecule has 17 heavy (non-hydrogen) atoms. The predicted octanol–water partition coefficient (Wildman–Crippen LogP) is 1.59. The number of rotatable bonds is 9. The standard InChI is InChI=1S/C13H27NO3/c1-4-14-8-12-6-7-13(17-12)10-16-11(3)9-15-5-2/h11-14H,4-10H2,1-3H3. The lowest BCUT2D eigenvalue weighted by Gasteiger charge is -2.17. The van der Waals surface area contributed by atoms with E-state index in [-0.39, 0.29) is 12.2 Å². The molecule has 0 aromatic carbocycles. The lowest BCUT2D eigenvalue weighted by atomic mass is 10.2. The summed E-state index contributed by atoms with van der Waals surface area (Å²) in [7, 11) is 0. The molecule has 1 fully saturated rings. The largest absolute Gasteiger partial charge is 0.379 e. The molecule has 102 valence electrons. The van der Waals surface area contributed by atoms with E-state index < -0.39 is 0 Å². The molecular weight excluding hydrogens is 218 g/mol. The average Bonchev–Trinajstić information content (AvgIpc) is 2.79. The molecule has 0 aliphatic carbocycles. The third-order valence-electron chi connectivity index (χ3n) is 2.94. The van der Waals surface area contributed by atoms with E-state index in [9.17, 15) is 0 Å². The van der Waals surface area contributed by atoms with Crippen LogP contribution in [0.5, 0.6) is 0 Å². The van der Waals surface area contributed by atoms with Gasteiger partial charge in [-0.15, -0.1) is 0 Å². The van der Waals surface area contributed by atoms with Crippen LogP contribution in [0.25, 0.3) is 0 Å². The fourth-order valence-corrected chi connectivity index (χ4v) is 1.96. The second kappa shape index (κ2) is 8.86. The van der Waals surface area contributed by atoms with Crippen LogP contribution in [0.2, 0.25) is 0 Å². The van der Waals surface area contributed by atoms with E-state index in [0.29, 0.717) is 19.3 Å². The lowest BCUT2D eigenvalue weighted by molar-refractivity contribution is -0.0582. The zero-order valence-corrected chi connectivity index (χ0v) is 11.4. The van der Waals surface area contributed by atoms with Crippen molar-refractivity contribution in [2.45, 2.75) is 51.9 Å². The summed E-state index contributed by atoms with van der Waals surface area (Å²) in [5.74, 6) is 0. The van der Waals surface area contributed by atoms with Gasteiger partial charge in [0.1, 0.15) is 0 Å². The lowest BCUT2D eigenvalue weighted by Crippen LogP contribution is -2.28. The molecule has 1 saturated heterocycles. The van der Waals surface area contributed by atoms with Crippen molar-refractivity contribution in [3.8, 4) is 0 Å². The number of hydrogen-bond acceptors (Lipinski definition) is 4. The molecule has 0 amide bonds. The van der Waals surface area contributed by atoms with E-state index >= 15 is 0 Å². The minimum atomic E-state index is 0.159. The maximum Gasteiger partial charge on any atom is 0.0814 e. The third kappa shape index (κ3) is 6.36. The highest BCUT2D eigenvalue weighted by atomic mass is 16.6. The molecule has 3 unspecified atom stereocenters. The summed E-state index contributed by atoms with van der Waals surface area (Å²) in [4.78, 5) is 0. The topological polar surface area (TPSA) is 39.7 Å². The Bertz CT molecular complexity index is 190. The number of ether oxygens (including phenoxy) is 3. The van der Waals surface area contributed by atoms with Crippen molar-refractivity contribution >= 4 is 0 Å². The van der Waals surface area contributed by atoms with Gasteiger partial charge in [-0.1, -0.05) is 6.92 Å². The van der Waals surface area contributed by atoms with Gasteiger partial charge in [-0.2, -0.15) is 0 Å². The molecule has 0 bridgehead atoms. The normalized spacial score (nSPS) is 26.3. The van der Waals surface area contributed by atoms with E-state index in [1.165, 1.54) is 0 Å². The number of likely N-dealkylation sites (N-methyl/N-ethyl adjacent to an activating group) is 1. The van der Waals surface area contributed by atoms with Crippen LogP contribution >= 0.6 is 0 Å². The fraction of sp³-hybridized carbons (Fsp3) is 1.00. The number of nitrogens with one attached hydrogen (secondary N) is 1. The minimum absolute atomic E-state index is 0.159. The van der Waals surface area contributed by atoms with Crippen molar-refractivity contribution < 1.29 is 14.2 Å². The van der Waals surface area contributed by atoms with Crippen LogP contribution < -0.4 is 5.32 Å². The smallest absolute Gasteiger partial charge is 0.0814 e. The van der Waals surface area contributed by atoms with Crippen molar-refractivity contribution in [1.82, 2.24) is 5.32 Å². The molecule has 0 spiro atoms. The summed E-state index contributed by atoms with van der Waals surface area (Å²) in [6.45, 7) is 10.2. The van der Waals surface area contributed by atoms with Gasteiger partial charge in [-0.3, -0.25) is 0 Å². The SMILES string of the molecule is CCNCC1CCC(COC(C)COCC)O1. The van der Waals surface area contributed by atoms with Gasteiger partial charge in [0.25, 0.3) is 0 Å². The Hall–Kier alpha value is -0.160. The van der Waals surface area contributed by atoms with Crippen molar-refractivity contribution in [1.29, 1.82) is 0 Å². The summed E-state index contributed by atoms with van der Waals surface area (Å²) >= 11 is 0. The van der Waals surface area contributed by atoms with Crippen LogP contribution in [0.4, 0.5) is 0 Å². The molecule has 1 N–H and O–H groups in total. The molecule has 0 radical (unpaired) electrons. The summed E-state index contributed by atoms with van der Waals surface area (Å²) in [6.07, 6.45) is 3.04. The molecular formula is C13H27NO3. The Morgan fingerprint density at radius 2 is 2.06 bits per heavy atom. The van der Waals surface area contributed by atoms with Crippen LogP contribution in [0.3, 0.4) is 0 Å². The molecule has 1 aliphatic rings. The Kier molecular flexibility index (Phi) is 7.77. The summed E-state index contributed by atoms with van der Waals surface area (Å²) < 4.78 is 16.9. The molecule has 1 aliphatic heterocycles. The maximum absolute atomic E-state index is 5.89. The van der Waals surface area contributed by atoms with Crippen LogP contribution in [0.1, 0.15) is 33.6 Å². The molecule has 0 saturated carbocycles. The summed E-state index contributed by atoms with van der Waals surface area (Å²) in [6, 6.07) is 0. The zero-order chi connectivity index (χ0) is 12.5. The second-order valence-electron chi connectivity index (χ2n) is 4.57. The quantitative estimate of drug-likeness (QED) is 0.669. The van der Waals surface area contributed by atoms with E-state index in [1.807, 2.05) is 13.8 Å². The van der Waals surface area contributed by atoms with Crippen LogP contribution in [0.15, 0.2) is 0 Å². The van der Waals surface area contributed by atoms with Gasteiger partial charge >= 0.3 is 0 Å².